The Labute approximate surface area is 418 Å². The second-order valence-electron chi connectivity index (χ2n) is 23.0. The van der Waals surface area contributed by atoms with Gasteiger partial charge in [0.25, 0.3) is 0 Å². The fraction of sp³-hybridized carbons (Fsp3) is 0.277. The molecule has 5 nitrogen and oxygen atoms in total. The van der Waals surface area contributed by atoms with E-state index < -0.39 is 0 Å². The van der Waals surface area contributed by atoms with E-state index >= 15 is 0 Å². The van der Waals surface area contributed by atoms with Gasteiger partial charge >= 0.3 is 0 Å². The van der Waals surface area contributed by atoms with E-state index in [9.17, 15) is 0 Å². The van der Waals surface area contributed by atoms with Crippen molar-refractivity contribution >= 4 is 39.9 Å². The Hall–Kier alpha value is -7.11. The minimum absolute atomic E-state index is 0.0448. The molecule has 1 aromatic heterocycles. The molecule has 2 N–H and O–H groups in total. The second-order valence-corrected chi connectivity index (χ2v) is 23.0. The molecule has 7 aromatic carbocycles. The molecule has 70 heavy (non-hydrogen) atoms. The normalized spacial score (nSPS) is 13.4. The summed E-state index contributed by atoms with van der Waals surface area (Å²) in [6.45, 7) is 31.7. The van der Waals surface area contributed by atoms with Crippen molar-refractivity contribution in [1.29, 1.82) is 0 Å². The zero-order chi connectivity index (χ0) is 49.9. The van der Waals surface area contributed by atoms with Crippen LogP contribution >= 0.6 is 0 Å². The summed E-state index contributed by atoms with van der Waals surface area (Å²) in [4.78, 5) is 7.36. The van der Waals surface area contributed by atoms with E-state index in [1.165, 1.54) is 38.9 Å². The van der Waals surface area contributed by atoms with E-state index in [1.54, 1.807) is 0 Å². The fourth-order valence-corrected chi connectivity index (χ4v) is 10.3. The van der Waals surface area contributed by atoms with Crippen molar-refractivity contribution in [1.82, 2.24) is 4.98 Å². The van der Waals surface area contributed by atoms with Gasteiger partial charge in [-0.1, -0.05) is 179 Å². The molecule has 1 aliphatic heterocycles. The number of nitrogens with zero attached hydrogens (tertiary/aromatic N) is 2. The van der Waals surface area contributed by atoms with E-state index in [0.29, 0.717) is 0 Å². The number of rotatable bonds is 9. The topological polar surface area (TPSA) is 49.4 Å². The maximum absolute atomic E-state index is 7.30. The Kier molecular flexibility index (Phi) is 12.3. The van der Waals surface area contributed by atoms with E-state index in [4.69, 9.17) is 9.72 Å². The summed E-state index contributed by atoms with van der Waals surface area (Å²) < 4.78 is 7.30. The molecule has 0 radical (unpaired) electrons. The summed E-state index contributed by atoms with van der Waals surface area (Å²) in [5, 5.41) is 8.03. The predicted octanol–water partition coefficient (Wildman–Crippen LogP) is 18.6. The van der Waals surface area contributed by atoms with Crippen molar-refractivity contribution in [2.45, 2.75) is 119 Å². The Balaban J connectivity index is 1.23. The zero-order valence-electron chi connectivity index (χ0n) is 43.8. The molecule has 0 spiro atoms. The molecule has 2 heterocycles. The Morgan fingerprint density at radius 1 is 0.500 bits per heavy atom. The predicted molar refractivity (Wildman–Crippen MR) is 298 cm³/mol. The number of fused-ring (bicyclic) bond motifs is 2. The van der Waals surface area contributed by atoms with Crippen molar-refractivity contribution in [3.8, 4) is 33.8 Å². The number of nitrogens with one attached hydrogen (secondary N) is 2. The summed E-state index contributed by atoms with van der Waals surface area (Å²) >= 11 is 0. The van der Waals surface area contributed by atoms with Crippen LogP contribution in [0.2, 0.25) is 0 Å². The zero-order valence-corrected chi connectivity index (χ0v) is 43.8. The van der Waals surface area contributed by atoms with Crippen LogP contribution in [0.25, 0.3) is 22.3 Å². The number of aryl methyl sites for hydroxylation is 3. The van der Waals surface area contributed by atoms with Crippen molar-refractivity contribution in [3.05, 3.63) is 202 Å². The van der Waals surface area contributed by atoms with Crippen LogP contribution in [0.1, 0.15) is 121 Å². The number of aromatic nitrogens is 1. The monoisotopic (exact) mass is 923 g/mol. The van der Waals surface area contributed by atoms with Crippen molar-refractivity contribution in [2.24, 2.45) is 0 Å². The highest BCUT2D eigenvalue weighted by atomic mass is 16.5. The van der Waals surface area contributed by atoms with Crippen LogP contribution in [0.5, 0.6) is 11.5 Å². The van der Waals surface area contributed by atoms with Gasteiger partial charge in [-0.15, -0.1) is 0 Å². The summed E-state index contributed by atoms with van der Waals surface area (Å²) in [5.74, 6) is 2.46. The SMILES string of the molecule is Cc1cc(C)c(Nc2cc(-c3ccccc3)c(-c3ccccc3)cc2Nc2cc(Oc3ccc4c(c3)N(c3cc(C(C)(C)C)ccn3)c3ccccc3C4(C)C)c(C(C)(C)C)cc2C(C)(C)C)c(C)c1. The molecule has 5 heteroatoms. The van der Waals surface area contributed by atoms with Gasteiger partial charge in [0.1, 0.15) is 17.3 Å². The second kappa shape index (κ2) is 18.0. The van der Waals surface area contributed by atoms with Crippen molar-refractivity contribution in [2.75, 3.05) is 15.5 Å². The van der Waals surface area contributed by atoms with E-state index in [2.05, 4.69) is 264 Å². The molecule has 0 aliphatic carbocycles. The molecule has 0 saturated heterocycles. The summed E-state index contributed by atoms with van der Waals surface area (Å²) in [5.41, 5.74) is 19.8. The minimum atomic E-state index is -0.263. The standard InChI is InChI=1S/C65H70N4O/c1-41-33-42(2)61(43(3)34-41)68-56-38-49(45-25-19-16-20-26-45)48(44-23-17-15-18-24-44)37-55(56)67-54-40-59(53(64(10,11)12)39-52(54)63(7,8)9)70-47-29-30-51-58(36-47)69(57-28-22-21-27-50(57)65(51,13)14)60-35-46(31-32-66-60)62(4,5)6/h15-40,67-68H,1-14H3. The van der Waals surface area contributed by atoms with Crippen LogP contribution in [0, 0.1) is 20.8 Å². The van der Waals surface area contributed by atoms with E-state index in [-0.39, 0.29) is 21.7 Å². The smallest absolute Gasteiger partial charge is 0.137 e. The first-order valence-corrected chi connectivity index (χ1v) is 24.9. The summed E-state index contributed by atoms with van der Waals surface area (Å²) in [6.07, 6.45) is 1.95. The van der Waals surface area contributed by atoms with Gasteiger partial charge in [-0.3, -0.25) is 4.90 Å². The molecule has 9 rings (SSSR count). The highest BCUT2D eigenvalue weighted by molar-refractivity contribution is 5.94. The lowest BCUT2D eigenvalue weighted by molar-refractivity contribution is 0.453. The third-order valence-corrected chi connectivity index (χ3v) is 14.0. The first kappa shape index (κ1) is 47.9. The number of benzene rings is 7. The maximum Gasteiger partial charge on any atom is 0.137 e. The minimum Gasteiger partial charge on any atom is -0.457 e. The number of anilines is 7. The number of ether oxygens (including phenoxy) is 1. The van der Waals surface area contributed by atoms with Crippen LogP contribution in [-0.2, 0) is 21.7 Å². The van der Waals surface area contributed by atoms with Gasteiger partial charge in [0, 0.05) is 40.7 Å². The average Bonchev–Trinajstić information content (AvgIpc) is 3.30. The van der Waals surface area contributed by atoms with Crippen LogP contribution in [0.4, 0.5) is 39.9 Å². The lowest BCUT2D eigenvalue weighted by atomic mass is 9.73. The molecular weight excluding hydrogens is 853 g/mol. The average molecular weight is 923 g/mol. The number of hydrogen-bond acceptors (Lipinski definition) is 5. The molecule has 0 bridgehead atoms. The van der Waals surface area contributed by atoms with E-state index in [0.717, 1.165) is 79.3 Å². The highest BCUT2D eigenvalue weighted by Crippen LogP contribution is 2.53. The van der Waals surface area contributed by atoms with Gasteiger partial charge in [0.05, 0.1) is 22.7 Å². The first-order valence-electron chi connectivity index (χ1n) is 24.9. The third kappa shape index (κ3) is 9.34. The lowest BCUT2D eigenvalue weighted by Gasteiger charge is -2.41. The number of hydrogen-bond donors (Lipinski definition) is 2. The lowest BCUT2D eigenvalue weighted by Crippen LogP contribution is -2.31. The Bertz CT molecular complexity index is 3210. The van der Waals surface area contributed by atoms with Gasteiger partial charge in [-0.25, -0.2) is 4.98 Å². The fourth-order valence-electron chi connectivity index (χ4n) is 10.3. The van der Waals surface area contributed by atoms with Gasteiger partial charge in [-0.05, 0) is 135 Å². The van der Waals surface area contributed by atoms with Gasteiger partial charge in [0.15, 0.2) is 0 Å². The quantitative estimate of drug-likeness (QED) is 0.151. The highest BCUT2D eigenvalue weighted by Gasteiger charge is 2.38. The van der Waals surface area contributed by atoms with Crippen LogP contribution in [0.15, 0.2) is 158 Å². The molecule has 8 aromatic rings. The van der Waals surface area contributed by atoms with Crippen molar-refractivity contribution in [3.63, 3.8) is 0 Å². The molecular formula is C65H70N4O. The number of para-hydroxylation sites is 1. The largest absolute Gasteiger partial charge is 0.457 e. The van der Waals surface area contributed by atoms with Crippen LogP contribution < -0.4 is 20.3 Å². The number of pyridine rings is 1. The van der Waals surface area contributed by atoms with Crippen LogP contribution in [-0.4, -0.2) is 4.98 Å². The Morgan fingerprint density at radius 3 is 1.64 bits per heavy atom. The Morgan fingerprint density at radius 2 is 1.06 bits per heavy atom. The molecule has 1 aliphatic rings. The molecule has 356 valence electrons. The molecule has 0 fully saturated rings. The van der Waals surface area contributed by atoms with E-state index in [1.807, 2.05) is 6.20 Å². The first-order chi connectivity index (χ1) is 33.1. The van der Waals surface area contributed by atoms with Gasteiger partial charge in [-0.2, -0.15) is 0 Å². The molecule has 0 atom stereocenters. The van der Waals surface area contributed by atoms with Gasteiger partial charge < -0.3 is 15.4 Å². The summed E-state index contributed by atoms with van der Waals surface area (Å²) in [7, 11) is 0. The maximum atomic E-state index is 7.30. The molecule has 0 amide bonds. The third-order valence-electron chi connectivity index (χ3n) is 14.0. The molecule has 0 unspecified atom stereocenters. The van der Waals surface area contributed by atoms with Crippen LogP contribution in [0.3, 0.4) is 0 Å². The summed E-state index contributed by atoms with van der Waals surface area (Å²) in [6, 6.07) is 55.0. The van der Waals surface area contributed by atoms with Gasteiger partial charge in [0.2, 0.25) is 0 Å². The van der Waals surface area contributed by atoms with Crippen molar-refractivity contribution < 1.29 is 4.74 Å². The molecule has 0 saturated carbocycles.